The van der Waals surface area contributed by atoms with Crippen molar-refractivity contribution in [2.24, 2.45) is 0 Å². The zero-order valence-corrected chi connectivity index (χ0v) is 13.1. The van der Waals surface area contributed by atoms with E-state index in [0.717, 1.165) is 48.1 Å². The minimum atomic E-state index is -0.562. The van der Waals surface area contributed by atoms with Crippen molar-refractivity contribution in [3.8, 4) is 11.3 Å². The average Bonchev–Trinajstić information content (AvgIpc) is 2.97. The van der Waals surface area contributed by atoms with Crippen LogP contribution in [0.2, 0.25) is 0 Å². The van der Waals surface area contributed by atoms with Crippen molar-refractivity contribution in [1.82, 2.24) is 15.1 Å². The molecule has 0 bridgehead atoms. The fourth-order valence-electron chi connectivity index (χ4n) is 3.19. The molecule has 1 aromatic heterocycles. The van der Waals surface area contributed by atoms with Crippen LogP contribution in [0.15, 0.2) is 48.5 Å². The molecule has 0 aliphatic carbocycles. The summed E-state index contributed by atoms with van der Waals surface area (Å²) < 4.78 is 29.0. The highest BCUT2D eigenvalue weighted by Crippen LogP contribution is 2.28. The first kappa shape index (κ1) is 15.0. The van der Waals surface area contributed by atoms with E-state index in [4.69, 9.17) is 5.10 Å². The predicted molar refractivity (Wildman–Crippen MR) is 88.5 cm³/mol. The number of aromatic nitrogens is 2. The maximum absolute atomic E-state index is 14.0. The van der Waals surface area contributed by atoms with Crippen LogP contribution in [0.25, 0.3) is 11.3 Å². The molecular weight excluding hydrogens is 308 g/mol. The summed E-state index contributed by atoms with van der Waals surface area (Å²) in [5.41, 5.74) is 4.71. The zero-order valence-electron chi connectivity index (χ0n) is 13.1. The molecule has 0 amide bonds. The van der Waals surface area contributed by atoms with Gasteiger partial charge < -0.3 is 5.32 Å². The Morgan fingerprint density at radius 2 is 1.92 bits per heavy atom. The fraction of sp³-hybridized carbons (Fsp3) is 0.211. The Morgan fingerprint density at radius 3 is 2.71 bits per heavy atom. The van der Waals surface area contributed by atoms with Gasteiger partial charge in [-0.3, -0.25) is 4.68 Å². The number of fused-ring (bicyclic) bond motifs is 1. The van der Waals surface area contributed by atoms with Crippen molar-refractivity contribution in [1.29, 1.82) is 0 Å². The lowest BCUT2D eigenvalue weighted by Gasteiger charge is -2.16. The lowest BCUT2D eigenvalue weighted by Crippen LogP contribution is -2.25. The number of hydrogen-bond donors (Lipinski definition) is 1. The van der Waals surface area contributed by atoms with E-state index in [2.05, 4.69) is 5.32 Å². The van der Waals surface area contributed by atoms with Gasteiger partial charge in [0, 0.05) is 48.0 Å². The monoisotopic (exact) mass is 325 g/mol. The minimum absolute atomic E-state index is 0.307. The Bertz CT molecular complexity index is 872. The Balaban J connectivity index is 1.77. The highest BCUT2D eigenvalue weighted by molar-refractivity contribution is 5.64. The molecule has 24 heavy (non-hydrogen) atoms. The van der Waals surface area contributed by atoms with Gasteiger partial charge in [-0.25, -0.2) is 8.78 Å². The summed E-state index contributed by atoms with van der Waals surface area (Å²) in [5.74, 6) is -1.10. The van der Waals surface area contributed by atoms with Crippen LogP contribution in [-0.2, 0) is 19.5 Å². The third-order valence-corrected chi connectivity index (χ3v) is 4.39. The lowest BCUT2D eigenvalue weighted by molar-refractivity contribution is 0.543. The molecular formula is C19H17F2N3. The second-order valence-corrected chi connectivity index (χ2v) is 5.96. The van der Waals surface area contributed by atoms with Gasteiger partial charge in [-0.1, -0.05) is 36.4 Å². The van der Waals surface area contributed by atoms with Crippen LogP contribution in [0.1, 0.15) is 16.8 Å². The van der Waals surface area contributed by atoms with Crippen molar-refractivity contribution in [2.45, 2.75) is 19.5 Å². The largest absolute Gasteiger partial charge is 0.312 e. The van der Waals surface area contributed by atoms with Gasteiger partial charge in [0.2, 0.25) is 0 Å². The van der Waals surface area contributed by atoms with Crippen molar-refractivity contribution in [2.75, 3.05) is 6.54 Å². The number of benzene rings is 2. The molecule has 5 heteroatoms. The third kappa shape index (κ3) is 2.71. The van der Waals surface area contributed by atoms with E-state index in [1.807, 2.05) is 35.0 Å². The summed E-state index contributed by atoms with van der Waals surface area (Å²) in [6.07, 6.45) is 0.845. The summed E-state index contributed by atoms with van der Waals surface area (Å²) in [6, 6.07) is 13.7. The number of halogens is 2. The molecule has 3 aromatic rings. The molecule has 2 heterocycles. The Morgan fingerprint density at radius 1 is 1.08 bits per heavy atom. The lowest BCUT2D eigenvalue weighted by atomic mass is 10.0. The van der Waals surface area contributed by atoms with E-state index >= 15 is 0 Å². The van der Waals surface area contributed by atoms with E-state index in [1.54, 1.807) is 0 Å². The average molecular weight is 325 g/mol. The van der Waals surface area contributed by atoms with Crippen LogP contribution in [0.4, 0.5) is 8.78 Å². The van der Waals surface area contributed by atoms with Crippen LogP contribution in [0.5, 0.6) is 0 Å². The molecule has 0 saturated heterocycles. The fourth-order valence-corrected chi connectivity index (χ4v) is 3.19. The molecule has 1 N–H and O–H groups in total. The Labute approximate surface area is 138 Å². The molecule has 0 spiro atoms. The first-order valence-electron chi connectivity index (χ1n) is 8.01. The quantitative estimate of drug-likeness (QED) is 0.798. The van der Waals surface area contributed by atoms with Crippen LogP contribution >= 0.6 is 0 Å². The van der Waals surface area contributed by atoms with Crippen LogP contribution < -0.4 is 5.32 Å². The highest BCUT2D eigenvalue weighted by atomic mass is 19.1. The normalized spacial score (nSPS) is 13.8. The first-order valence-corrected chi connectivity index (χ1v) is 8.01. The topological polar surface area (TPSA) is 29.9 Å². The SMILES string of the molecule is Fc1ccc(Cn2nc(-c3ccccc3)c3c2CCNC3)c(F)c1. The van der Waals surface area contributed by atoms with Crippen molar-refractivity contribution in [3.05, 3.63) is 77.0 Å². The second kappa shape index (κ2) is 6.17. The zero-order chi connectivity index (χ0) is 16.5. The first-order chi connectivity index (χ1) is 11.7. The van der Waals surface area contributed by atoms with Gasteiger partial charge in [-0.15, -0.1) is 0 Å². The van der Waals surface area contributed by atoms with Crippen LogP contribution in [-0.4, -0.2) is 16.3 Å². The molecule has 0 unspecified atom stereocenters. The Kier molecular flexibility index (Phi) is 3.86. The minimum Gasteiger partial charge on any atom is -0.312 e. The van der Waals surface area contributed by atoms with Gasteiger partial charge >= 0.3 is 0 Å². The number of hydrogen-bond acceptors (Lipinski definition) is 2. The second-order valence-electron chi connectivity index (χ2n) is 5.96. The van der Waals surface area contributed by atoms with Gasteiger partial charge in [-0.05, 0) is 6.07 Å². The molecule has 1 aliphatic heterocycles. The number of nitrogens with zero attached hydrogens (tertiary/aromatic N) is 2. The van der Waals surface area contributed by atoms with E-state index in [9.17, 15) is 8.78 Å². The van der Waals surface area contributed by atoms with Gasteiger partial charge in [0.1, 0.15) is 11.6 Å². The molecule has 2 aromatic carbocycles. The molecule has 1 aliphatic rings. The summed E-state index contributed by atoms with van der Waals surface area (Å²) >= 11 is 0. The van der Waals surface area contributed by atoms with Crippen molar-refractivity contribution >= 4 is 0 Å². The molecule has 3 nitrogen and oxygen atoms in total. The number of rotatable bonds is 3. The standard InChI is InChI=1S/C19H17F2N3/c20-15-7-6-14(17(21)10-15)12-24-18-8-9-22-11-16(18)19(23-24)13-4-2-1-3-5-13/h1-7,10,22H,8-9,11-12H2. The van der Waals surface area contributed by atoms with E-state index in [1.165, 1.54) is 12.1 Å². The van der Waals surface area contributed by atoms with Gasteiger partial charge in [0.05, 0.1) is 12.2 Å². The maximum Gasteiger partial charge on any atom is 0.131 e. The van der Waals surface area contributed by atoms with Gasteiger partial charge in [-0.2, -0.15) is 5.10 Å². The summed E-state index contributed by atoms with van der Waals surface area (Å²) in [4.78, 5) is 0. The highest BCUT2D eigenvalue weighted by Gasteiger charge is 2.22. The van der Waals surface area contributed by atoms with Crippen LogP contribution in [0, 0.1) is 11.6 Å². The van der Waals surface area contributed by atoms with E-state index in [-0.39, 0.29) is 0 Å². The molecule has 0 atom stereocenters. The van der Waals surface area contributed by atoms with Crippen molar-refractivity contribution in [3.63, 3.8) is 0 Å². The molecule has 122 valence electrons. The van der Waals surface area contributed by atoms with E-state index < -0.39 is 11.6 Å². The molecule has 4 rings (SSSR count). The molecule has 0 saturated carbocycles. The Hall–Kier alpha value is -2.53. The maximum atomic E-state index is 14.0. The van der Waals surface area contributed by atoms with E-state index in [0.29, 0.717) is 12.1 Å². The summed E-state index contributed by atoms with van der Waals surface area (Å²) in [6.45, 7) is 1.94. The predicted octanol–water partition coefficient (Wildman–Crippen LogP) is 3.52. The van der Waals surface area contributed by atoms with Gasteiger partial charge in [0.15, 0.2) is 0 Å². The van der Waals surface area contributed by atoms with Crippen LogP contribution in [0.3, 0.4) is 0 Å². The van der Waals surface area contributed by atoms with Gasteiger partial charge in [0.25, 0.3) is 0 Å². The third-order valence-electron chi connectivity index (χ3n) is 4.39. The number of nitrogens with one attached hydrogen (secondary N) is 1. The van der Waals surface area contributed by atoms with Crippen molar-refractivity contribution < 1.29 is 8.78 Å². The molecule has 0 fully saturated rings. The summed E-state index contributed by atoms with van der Waals surface area (Å²) in [7, 11) is 0. The smallest absolute Gasteiger partial charge is 0.131 e. The molecule has 0 radical (unpaired) electrons. The summed E-state index contributed by atoms with van der Waals surface area (Å²) in [5, 5.41) is 8.11.